The Bertz CT molecular complexity index is 615. The highest BCUT2D eigenvalue weighted by atomic mass is 15.0. The van der Waals surface area contributed by atoms with Gasteiger partial charge in [-0.3, -0.25) is 15.0 Å². The number of hydrogen-bond donors (Lipinski definition) is 1. The van der Waals surface area contributed by atoms with Crippen LogP contribution in [0.1, 0.15) is 35.9 Å². The van der Waals surface area contributed by atoms with Gasteiger partial charge in [0.1, 0.15) is 5.84 Å². The summed E-state index contributed by atoms with van der Waals surface area (Å²) in [5.74, 6) is 1.10. The average Bonchev–Trinajstić information content (AvgIpc) is 2.59. The second-order valence-electron chi connectivity index (χ2n) is 5.75. The molecule has 0 amide bonds. The van der Waals surface area contributed by atoms with E-state index in [1.807, 2.05) is 38.4 Å². The Labute approximate surface area is 139 Å². The summed E-state index contributed by atoms with van der Waals surface area (Å²) in [5.41, 5.74) is 4.68. The number of aryl methyl sites for hydroxylation is 3. The molecule has 4 heteroatoms. The van der Waals surface area contributed by atoms with Crippen molar-refractivity contribution in [2.45, 2.75) is 40.0 Å². The zero-order valence-corrected chi connectivity index (χ0v) is 14.3. The topological polar surface area (TPSA) is 50.2 Å². The van der Waals surface area contributed by atoms with Gasteiger partial charge in [-0.1, -0.05) is 19.1 Å². The molecule has 1 N–H and O–H groups in total. The molecule has 4 nitrogen and oxygen atoms in total. The monoisotopic (exact) mass is 310 g/mol. The van der Waals surface area contributed by atoms with Crippen LogP contribution in [0.2, 0.25) is 0 Å². The number of nitrogens with zero attached hydrogens (tertiary/aromatic N) is 3. The number of rotatable bonds is 3. The quantitative estimate of drug-likeness (QED) is 0.946. The normalized spacial score (nSPS) is 13.4. The molecule has 1 aliphatic rings. The Morgan fingerprint density at radius 1 is 0.957 bits per heavy atom. The van der Waals surface area contributed by atoms with Crippen LogP contribution in [-0.2, 0) is 12.8 Å². The van der Waals surface area contributed by atoms with E-state index in [9.17, 15) is 0 Å². The van der Waals surface area contributed by atoms with E-state index in [2.05, 4.69) is 39.3 Å². The van der Waals surface area contributed by atoms with Crippen LogP contribution >= 0.6 is 0 Å². The van der Waals surface area contributed by atoms with Gasteiger partial charge in [-0.15, -0.1) is 0 Å². The van der Waals surface area contributed by atoms with E-state index in [4.69, 9.17) is 0 Å². The van der Waals surface area contributed by atoms with Crippen molar-refractivity contribution in [2.24, 2.45) is 4.99 Å². The Morgan fingerprint density at radius 2 is 1.61 bits per heavy atom. The van der Waals surface area contributed by atoms with Gasteiger partial charge in [-0.2, -0.15) is 0 Å². The summed E-state index contributed by atoms with van der Waals surface area (Å²) in [7, 11) is 0. The molecule has 0 saturated heterocycles. The van der Waals surface area contributed by atoms with Crippen LogP contribution in [0.4, 0.5) is 0 Å². The Kier molecular flexibility index (Phi) is 6.73. The van der Waals surface area contributed by atoms with Crippen molar-refractivity contribution < 1.29 is 0 Å². The summed E-state index contributed by atoms with van der Waals surface area (Å²) in [6, 6.07) is 8.31. The van der Waals surface area contributed by atoms with E-state index in [0.717, 1.165) is 49.6 Å². The fourth-order valence-corrected chi connectivity index (χ4v) is 2.20. The molecular formula is C19H26N4. The van der Waals surface area contributed by atoms with Gasteiger partial charge >= 0.3 is 0 Å². The lowest BCUT2D eigenvalue weighted by molar-refractivity contribution is 0.731. The smallest absolute Gasteiger partial charge is 0.101 e. The molecule has 3 rings (SSSR count). The average molecular weight is 310 g/mol. The van der Waals surface area contributed by atoms with Crippen LogP contribution in [0, 0.1) is 13.8 Å². The van der Waals surface area contributed by atoms with Crippen molar-refractivity contribution in [1.82, 2.24) is 15.3 Å². The van der Waals surface area contributed by atoms with Gasteiger partial charge in [0.2, 0.25) is 0 Å². The highest BCUT2D eigenvalue weighted by Gasteiger charge is 2.04. The molecule has 0 bridgehead atoms. The Balaban J connectivity index is 0.000000185. The molecule has 3 heterocycles. The van der Waals surface area contributed by atoms with Crippen molar-refractivity contribution >= 4 is 5.84 Å². The molecule has 0 saturated carbocycles. The van der Waals surface area contributed by atoms with E-state index in [-0.39, 0.29) is 0 Å². The van der Waals surface area contributed by atoms with Crippen LogP contribution in [0.3, 0.4) is 0 Å². The molecule has 0 radical (unpaired) electrons. The largest absolute Gasteiger partial charge is 0.373 e. The lowest BCUT2D eigenvalue weighted by atomic mass is 10.1. The van der Waals surface area contributed by atoms with E-state index in [1.54, 1.807) is 0 Å². The summed E-state index contributed by atoms with van der Waals surface area (Å²) >= 11 is 0. The van der Waals surface area contributed by atoms with Gasteiger partial charge in [0, 0.05) is 43.3 Å². The Morgan fingerprint density at radius 3 is 2.09 bits per heavy atom. The third kappa shape index (κ3) is 6.19. The van der Waals surface area contributed by atoms with E-state index in [1.165, 1.54) is 11.1 Å². The predicted molar refractivity (Wildman–Crippen MR) is 96.0 cm³/mol. The summed E-state index contributed by atoms with van der Waals surface area (Å²) in [6.45, 7) is 8.14. The molecule has 0 spiro atoms. The van der Waals surface area contributed by atoms with E-state index >= 15 is 0 Å². The molecule has 0 aromatic carbocycles. The first kappa shape index (κ1) is 17.1. The zero-order chi connectivity index (χ0) is 16.5. The number of nitrogens with one attached hydrogen (secondary N) is 1. The molecule has 0 fully saturated rings. The molecular weight excluding hydrogens is 284 g/mol. The summed E-state index contributed by atoms with van der Waals surface area (Å²) in [6.07, 6.45) is 6.96. The Hall–Kier alpha value is -2.23. The molecule has 0 atom stereocenters. The summed E-state index contributed by atoms with van der Waals surface area (Å²) in [5, 5.41) is 3.30. The van der Waals surface area contributed by atoms with Crippen LogP contribution in [0.5, 0.6) is 0 Å². The SMILES string of the molecule is CCc1ccc(C)nc1.Cc1ccc(CC2=NCCCN2)cn1. The van der Waals surface area contributed by atoms with Gasteiger partial charge in [0.05, 0.1) is 0 Å². The minimum absolute atomic E-state index is 0.882. The van der Waals surface area contributed by atoms with Gasteiger partial charge < -0.3 is 5.32 Å². The zero-order valence-electron chi connectivity index (χ0n) is 14.3. The summed E-state index contributed by atoms with van der Waals surface area (Å²) in [4.78, 5) is 12.8. The van der Waals surface area contributed by atoms with Crippen LogP contribution in [0.25, 0.3) is 0 Å². The second-order valence-corrected chi connectivity index (χ2v) is 5.75. The molecule has 23 heavy (non-hydrogen) atoms. The van der Waals surface area contributed by atoms with E-state index < -0.39 is 0 Å². The number of amidine groups is 1. The number of aliphatic imine (C=N–C) groups is 1. The molecule has 1 aliphatic heterocycles. The number of pyridine rings is 2. The maximum absolute atomic E-state index is 4.42. The molecule has 0 unspecified atom stereocenters. The molecule has 2 aromatic rings. The minimum Gasteiger partial charge on any atom is -0.373 e. The summed E-state index contributed by atoms with van der Waals surface area (Å²) < 4.78 is 0. The second kappa shape index (κ2) is 9.03. The maximum Gasteiger partial charge on any atom is 0.101 e. The third-order valence-electron chi connectivity index (χ3n) is 3.69. The first-order valence-corrected chi connectivity index (χ1v) is 8.27. The number of hydrogen-bond acceptors (Lipinski definition) is 4. The maximum atomic E-state index is 4.42. The first-order chi connectivity index (χ1) is 11.2. The third-order valence-corrected chi connectivity index (χ3v) is 3.69. The van der Waals surface area contributed by atoms with Gasteiger partial charge in [-0.05, 0) is 49.9 Å². The predicted octanol–water partition coefficient (Wildman–Crippen LogP) is 3.28. The van der Waals surface area contributed by atoms with Crippen molar-refractivity contribution in [2.75, 3.05) is 13.1 Å². The fraction of sp³-hybridized carbons (Fsp3) is 0.421. The van der Waals surface area contributed by atoms with Crippen LogP contribution in [-0.4, -0.2) is 28.9 Å². The van der Waals surface area contributed by atoms with Gasteiger partial charge in [0.15, 0.2) is 0 Å². The molecule has 2 aromatic heterocycles. The van der Waals surface area contributed by atoms with Crippen molar-refractivity contribution in [3.05, 3.63) is 59.2 Å². The highest BCUT2D eigenvalue weighted by Crippen LogP contribution is 2.02. The lowest BCUT2D eigenvalue weighted by Crippen LogP contribution is -2.30. The van der Waals surface area contributed by atoms with Crippen LogP contribution < -0.4 is 5.32 Å². The number of aromatic nitrogens is 2. The lowest BCUT2D eigenvalue weighted by Gasteiger charge is -2.14. The van der Waals surface area contributed by atoms with E-state index in [0.29, 0.717) is 0 Å². The van der Waals surface area contributed by atoms with Gasteiger partial charge in [-0.25, -0.2) is 0 Å². The van der Waals surface area contributed by atoms with Crippen molar-refractivity contribution in [1.29, 1.82) is 0 Å². The minimum atomic E-state index is 0.882. The van der Waals surface area contributed by atoms with Crippen molar-refractivity contribution in [3.8, 4) is 0 Å². The molecule has 0 aliphatic carbocycles. The molecule has 122 valence electrons. The van der Waals surface area contributed by atoms with Crippen molar-refractivity contribution in [3.63, 3.8) is 0 Å². The standard InChI is InChI=1S/C11H15N3.C8H11N/c1-9-3-4-10(8-14-9)7-11-12-5-2-6-13-11;1-3-8-5-4-7(2)9-6-8/h3-4,8H,2,5-7H2,1H3,(H,12,13);4-6H,3H2,1-2H3. The van der Waals surface area contributed by atoms with Gasteiger partial charge in [0.25, 0.3) is 0 Å². The fourth-order valence-electron chi connectivity index (χ4n) is 2.20. The highest BCUT2D eigenvalue weighted by molar-refractivity contribution is 5.84. The van der Waals surface area contributed by atoms with Crippen LogP contribution in [0.15, 0.2) is 41.7 Å². The first-order valence-electron chi connectivity index (χ1n) is 8.27.